The lowest BCUT2D eigenvalue weighted by Crippen LogP contribution is -2.39. The monoisotopic (exact) mass is 184 g/mol. The van der Waals surface area contributed by atoms with Crippen LogP contribution in [-0.2, 0) is 0 Å². The molecule has 0 amide bonds. The number of hydrogen-bond donors (Lipinski definition) is 1. The second kappa shape index (κ2) is 8.27. The summed E-state index contributed by atoms with van der Waals surface area (Å²) < 4.78 is 0. The SMILES string of the molecule is C=CCCCN(C)C(CC)CNC. The van der Waals surface area contributed by atoms with Crippen molar-refractivity contribution in [2.24, 2.45) is 0 Å². The lowest BCUT2D eigenvalue weighted by atomic mass is 10.2. The van der Waals surface area contributed by atoms with E-state index >= 15 is 0 Å². The molecule has 0 aliphatic carbocycles. The molecule has 0 bridgehead atoms. The smallest absolute Gasteiger partial charge is 0.0214 e. The van der Waals surface area contributed by atoms with Crippen LogP contribution in [0.2, 0.25) is 0 Å². The molecule has 0 aliphatic heterocycles. The summed E-state index contributed by atoms with van der Waals surface area (Å²) in [5.41, 5.74) is 0. The third-order valence-corrected chi connectivity index (χ3v) is 2.45. The molecule has 2 heteroatoms. The molecule has 13 heavy (non-hydrogen) atoms. The zero-order valence-electron chi connectivity index (χ0n) is 9.34. The van der Waals surface area contributed by atoms with Crippen LogP contribution in [0.5, 0.6) is 0 Å². The van der Waals surface area contributed by atoms with Gasteiger partial charge in [0.05, 0.1) is 0 Å². The first-order chi connectivity index (χ1) is 6.26. The van der Waals surface area contributed by atoms with Crippen LogP contribution in [0.1, 0.15) is 26.2 Å². The fourth-order valence-corrected chi connectivity index (χ4v) is 1.52. The molecule has 0 saturated heterocycles. The van der Waals surface area contributed by atoms with Crippen LogP contribution in [-0.4, -0.2) is 38.1 Å². The Balaban J connectivity index is 3.62. The number of likely N-dealkylation sites (N-methyl/N-ethyl adjacent to an activating group) is 2. The Bertz CT molecular complexity index is 123. The average molecular weight is 184 g/mol. The second-order valence-corrected chi connectivity index (χ2v) is 3.53. The lowest BCUT2D eigenvalue weighted by molar-refractivity contribution is 0.230. The summed E-state index contributed by atoms with van der Waals surface area (Å²) >= 11 is 0. The Labute approximate surface area is 83.0 Å². The van der Waals surface area contributed by atoms with E-state index in [1.165, 1.54) is 19.4 Å². The molecule has 0 aromatic rings. The average Bonchev–Trinajstić information content (AvgIpc) is 2.14. The molecule has 0 spiro atoms. The molecule has 0 fully saturated rings. The van der Waals surface area contributed by atoms with Gasteiger partial charge in [-0.2, -0.15) is 0 Å². The summed E-state index contributed by atoms with van der Waals surface area (Å²) in [5.74, 6) is 0. The number of rotatable bonds is 8. The number of nitrogens with one attached hydrogen (secondary N) is 1. The van der Waals surface area contributed by atoms with Crippen molar-refractivity contribution in [3.63, 3.8) is 0 Å². The van der Waals surface area contributed by atoms with Gasteiger partial charge in [-0.1, -0.05) is 13.0 Å². The van der Waals surface area contributed by atoms with E-state index in [2.05, 4.69) is 30.8 Å². The first-order valence-electron chi connectivity index (χ1n) is 5.22. The van der Waals surface area contributed by atoms with E-state index in [1.54, 1.807) is 0 Å². The van der Waals surface area contributed by atoms with E-state index in [1.807, 2.05) is 13.1 Å². The number of hydrogen-bond acceptors (Lipinski definition) is 2. The van der Waals surface area contributed by atoms with Crippen molar-refractivity contribution in [2.45, 2.75) is 32.2 Å². The van der Waals surface area contributed by atoms with Gasteiger partial charge in [0.2, 0.25) is 0 Å². The van der Waals surface area contributed by atoms with E-state index in [9.17, 15) is 0 Å². The highest BCUT2D eigenvalue weighted by Gasteiger charge is 2.09. The maximum absolute atomic E-state index is 3.73. The van der Waals surface area contributed by atoms with Crippen molar-refractivity contribution < 1.29 is 0 Å². The van der Waals surface area contributed by atoms with Gasteiger partial charge in [0.25, 0.3) is 0 Å². The minimum Gasteiger partial charge on any atom is -0.318 e. The molecule has 0 radical (unpaired) electrons. The minimum absolute atomic E-state index is 0.676. The van der Waals surface area contributed by atoms with Crippen LogP contribution in [0.25, 0.3) is 0 Å². The second-order valence-electron chi connectivity index (χ2n) is 3.53. The third-order valence-electron chi connectivity index (χ3n) is 2.45. The quantitative estimate of drug-likeness (QED) is 0.458. The van der Waals surface area contributed by atoms with Gasteiger partial charge in [0, 0.05) is 12.6 Å². The molecule has 78 valence electrons. The summed E-state index contributed by atoms with van der Waals surface area (Å²) in [4.78, 5) is 2.43. The zero-order chi connectivity index (χ0) is 10.1. The maximum atomic E-state index is 3.73. The van der Waals surface area contributed by atoms with Crippen LogP contribution >= 0.6 is 0 Å². The van der Waals surface area contributed by atoms with Crippen molar-refractivity contribution in [1.29, 1.82) is 0 Å². The Morgan fingerprint density at radius 3 is 2.69 bits per heavy atom. The molecular weight excluding hydrogens is 160 g/mol. The van der Waals surface area contributed by atoms with Gasteiger partial charge in [0.15, 0.2) is 0 Å². The van der Waals surface area contributed by atoms with Crippen molar-refractivity contribution in [1.82, 2.24) is 10.2 Å². The molecule has 0 heterocycles. The maximum Gasteiger partial charge on any atom is 0.0214 e. The van der Waals surface area contributed by atoms with Gasteiger partial charge >= 0.3 is 0 Å². The van der Waals surface area contributed by atoms with Gasteiger partial charge in [-0.15, -0.1) is 6.58 Å². The van der Waals surface area contributed by atoms with E-state index in [4.69, 9.17) is 0 Å². The topological polar surface area (TPSA) is 15.3 Å². The van der Waals surface area contributed by atoms with E-state index in [-0.39, 0.29) is 0 Å². The first-order valence-corrected chi connectivity index (χ1v) is 5.22. The normalized spacial score (nSPS) is 13.2. The molecule has 0 aromatic carbocycles. The number of nitrogens with zero attached hydrogens (tertiary/aromatic N) is 1. The van der Waals surface area contributed by atoms with Crippen LogP contribution in [0, 0.1) is 0 Å². The predicted molar refractivity (Wildman–Crippen MR) is 60.1 cm³/mol. The van der Waals surface area contributed by atoms with Crippen molar-refractivity contribution in [2.75, 3.05) is 27.2 Å². The van der Waals surface area contributed by atoms with Crippen LogP contribution in [0.15, 0.2) is 12.7 Å². The molecule has 1 N–H and O–H groups in total. The Hall–Kier alpha value is -0.340. The largest absolute Gasteiger partial charge is 0.318 e. The van der Waals surface area contributed by atoms with Crippen LogP contribution in [0.4, 0.5) is 0 Å². The van der Waals surface area contributed by atoms with E-state index in [0.717, 1.165) is 13.0 Å². The fourth-order valence-electron chi connectivity index (χ4n) is 1.52. The van der Waals surface area contributed by atoms with Crippen molar-refractivity contribution in [3.8, 4) is 0 Å². The molecule has 0 saturated carbocycles. The molecule has 0 aliphatic rings. The highest BCUT2D eigenvalue weighted by atomic mass is 15.1. The highest BCUT2D eigenvalue weighted by Crippen LogP contribution is 2.02. The Morgan fingerprint density at radius 1 is 1.54 bits per heavy atom. The van der Waals surface area contributed by atoms with Gasteiger partial charge in [0.1, 0.15) is 0 Å². The molecular formula is C11H24N2. The van der Waals surface area contributed by atoms with Crippen molar-refractivity contribution >= 4 is 0 Å². The Kier molecular flexibility index (Phi) is 8.05. The van der Waals surface area contributed by atoms with Gasteiger partial charge in [-0.3, -0.25) is 0 Å². The first kappa shape index (κ1) is 12.7. The third kappa shape index (κ3) is 5.83. The predicted octanol–water partition coefficient (Wildman–Crippen LogP) is 1.88. The molecule has 0 aromatic heterocycles. The Morgan fingerprint density at radius 2 is 2.23 bits per heavy atom. The van der Waals surface area contributed by atoms with Gasteiger partial charge in [-0.05, 0) is 39.9 Å². The fraction of sp³-hybridized carbons (Fsp3) is 0.818. The number of unbranched alkanes of at least 4 members (excludes halogenated alkanes) is 1. The molecule has 2 nitrogen and oxygen atoms in total. The van der Waals surface area contributed by atoms with E-state index in [0.29, 0.717) is 6.04 Å². The van der Waals surface area contributed by atoms with Gasteiger partial charge in [-0.25, -0.2) is 0 Å². The zero-order valence-corrected chi connectivity index (χ0v) is 9.34. The summed E-state index contributed by atoms with van der Waals surface area (Å²) in [6, 6.07) is 0.676. The van der Waals surface area contributed by atoms with Crippen molar-refractivity contribution in [3.05, 3.63) is 12.7 Å². The van der Waals surface area contributed by atoms with E-state index < -0.39 is 0 Å². The lowest BCUT2D eigenvalue weighted by Gasteiger charge is -2.26. The molecule has 1 atom stereocenters. The number of allylic oxidation sites excluding steroid dienone is 1. The highest BCUT2D eigenvalue weighted by molar-refractivity contribution is 4.71. The summed E-state index contributed by atoms with van der Waals surface area (Å²) in [5, 5.41) is 3.23. The summed E-state index contributed by atoms with van der Waals surface area (Å²) in [6.07, 6.45) is 5.55. The molecule has 1 unspecified atom stereocenters. The standard InChI is InChI=1S/C11H24N2/c1-5-7-8-9-13(4)11(6-2)10-12-3/h5,11-12H,1,6-10H2,2-4H3. The summed E-state index contributed by atoms with van der Waals surface area (Å²) in [6.45, 7) is 8.23. The van der Waals surface area contributed by atoms with Crippen LogP contribution in [0.3, 0.4) is 0 Å². The summed E-state index contributed by atoms with van der Waals surface area (Å²) in [7, 11) is 4.22. The van der Waals surface area contributed by atoms with Crippen LogP contribution < -0.4 is 5.32 Å². The van der Waals surface area contributed by atoms with Gasteiger partial charge < -0.3 is 10.2 Å². The minimum atomic E-state index is 0.676. The molecule has 0 rings (SSSR count).